The molecule has 1 saturated heterocycles. The molecule has 1 aromatic carbocycles. The standard InChI is InChI=1S/C19H21N3O6/c1-12(2)11-20-4-6-21(7-5-20)18(23)15-9-13-8-14(22(25)26)10-16(27-3)17(13)28-19(15)24/h8-10H,1,4-7,11H2,2-3H3/p+1. The molecule has 9 nitrogen and oxygen atoms in total. The van der Waals surface area contributed by atoms with Crippen molar-refractivity contribution in [1.82, 2.24) is 4.90 Å². The largest absolute Gasteiger partial charge is 0.493 e. The van der Waals surface area contributed by atoms with Gasteiger partial charge in [0.15, 0.2) is 11.3 Å². The summed E-state index contributed by atoms with van der Waals surface area (Å²) in [6, 6.07) is 3.77. The molecule has 0 saturated carbocycles. The number of carbonyl (C=O) groups is 1. The fourth-order valence-electron chi connectivity index (χ4n) is 3.39. The number of piperazine rings is 1. The van der Waals surface area contributed by atoms with Gasteiger partial charge in [-0.15, -0.1) is 0 Å². The summed E-state index contributed by atoms with van der Waals surface area (Å²) >= 11 is 0. The molecule has 1 aromatic heterocycles. The lowest BCUT2D eigenvalue weighted by atomic mass is 10.1. The Morgan fingerprint density at radius 1 is 1.36 bits per heavy atom. The number of nitrogens with one attached hydrogen (secondary N) is 1. The van der Waals surface area contributed by atoms with Gasteiger partial charge in [-0.25, -0.2) is 4.79 Å². The van der Waals surface area contributed by atoms with E-state index in [1.807, 2.05) is 6.92 Å². The van der Waals surface area contributed by atoms with Crippen molar-refractivity contribution in [3.8, 4) is 5.75 Å². The maximum absolute atomic E-state index is 12.8. The van der Waals surface area contributed by atoms with Crippen LogP contribution < -0.4 is 15.3 Å². The van der Waals surface area contributed by atoms with Crippen molar-refractivity contribution in [3.63, 3.8) is 0 Å². The van der Waals surface area contributed by atoms with E-state index in [9.17, 15) is 19.7 Å². The zero-order valence-corrected chi connectivity index (χ0v) is 15.8. The second-order valence-corrected chi connectivity index (χ2v) is 6.95. The number of amides is 1. The Kier molecular flexibility index (Phi) is 5.46. The second kappa shape index (κ2) is 7.81. The number of fused-ring (bicyclic) bond motifs is 1. The van der Waals surface area contributed by atoms with Crippen LogP contribution in [0.15, 0.2) is 39.6 Å². The number of rotatable bonds is 5. The Morgan fingerprint density at radius 2 is 2.04 bits per heavy atom. The van der Waals surface area contributed by atoms with Crippen molar-refractivity contribution < 1.29 is 23.8 Å². The highest BCUT2D eigenvalue weighted by Crippen LogP contribution is 2.30. The third-order valence-corrected chi connectivity index (χ3v) is 4.75. The summed E-state index contributed by atoms with van der Waals surface area (Å²) in [6.45, 7) is 9.28. The number of carbonyl (C=O) groups excluding carboxylic acids is 1. The molecule has 0 bridgehead atoms. The van der Waals surface area contributed by atoms with Gasteiger partial charge in [-0.05, 0) is 18.6 Å². The number of quaternary nitrogens is 1. The molecule has 9 heteroatoms. The molecule has 1 amide bonds. The zero-order chi connectivity index (χ0) is 20.4. The molecule has 0 aliphatic carbocycles. The lowest BCUT2D eigenvalue weighted by Crippen LogP contribution is -3.15. The Hall–Kier alpha value is -3.20. The molecule has 2 heterocycles. The zero-order valence-electron chi connectivity index (χ0n) is 15.8. The number of nitrogens with zero attached hydrogens (tertiary/aromatic N) is 2. The molecule has 3 rings (SSSR count). The van der Waals surface area contributed by atoms with Crippen molar-refractivity contribution >= 4 is 22.6 Å². The van der Waals surface area contributed by atoms with Crippen LogP contribution in [-0.2, 0) is 0 Å². The van der Waals surface area contributed by atoms with Crippen LogP contribution in [0.3, 0.4) is 0 Å². The molecule has 148 valence electrons. The third kappa shape index (κ3) is 3.89. The molecule has 0 unspecified atom stereocenters. The fourth-order valence-corrected chi connectivity index (χ4v) is 3.39. The highest BCUT2D eigenvalue weighted by molar-refractivity contribution is 5.97. The Bertz CT molecular complexity index is 1000. The maximum atomic E-state index is 12.8. The topological polar surface area (TPSA) is 107 Å². The monoisotopic (exact) mass is 388 g/mol. The van der Waals surface area contributed by atoms with Crippen LogP contribution in [0, 0.1) is 10.1 Å². The van der Waals surface area contributed by atoms with Gasteiger partial charge < -0.3 is 19.0 Å². The number of non-ortho nitro benzene ring substituents is 1. The predicted octanol–water partition coefficient (Wildman–Crippen LogP) is 0.627. The van der Waals surface area contributed by atoms with Crippen molar-refractivity contribution in [2.45, 2.75) is 6.92 Å². The number of benzene rings is 1. The molecule has 0 radical (unpaired) electrons. The van der Waals surface area contributed by atoms with E-state index in [0.29, 0.717) is 13.1 Å². The second-order valence-electron chi connectivity index (χ2n) is 6.95. The van der Waals surface area contributed by atoms with Crippen LogP contribution in [0.25, 0.3) is 11.0 Å². The summed E-state index contributed by atoms with van der Waals surface area (Å²) in [6.07, 6.45) is 0. The van der Waals surface area contributed by atoms with Gasteiger partial charge in [-0.1, -0.05) is 6.58 Å². The lowest BCUT2D eigenvalue weighted by Gasteiger charge is -2.32. The van der Waals surface area contributed by atoms with E-state index in [0.717, 1.165) is 25.2 Å². The molecule has 1 N–H and O–H groups in total. The van der Waals surface area contributed by atoms with E-state index in [2.05, 4.69) is 6.58 Å². The van der Waals surface area contributed by atoms with E-state index in [1.54, 1.807) is 4.90 Å². The Morgan fingerprint density at radius 3 is 2.61 bits per heavy atom. The molecule has 0 spiro atoms. The van der Waals surface area contributed by atoms with Crippen molar-refractivity contribution in [1.29, 1.82) is 0 Å². The molecule has 1 fully saturated rings. The van der Waals surface area contributed by atoms with Crippen molar-refractivity contribution in [3.05, 3.63) is 56.4 Å². The smallest absolute Gasteiger partial charge is 0.349 e. The lowest BCUT2D eigenvalue weighted by molar-refractivity contribution is -0.899. The van der Waals surface area contributed by atoms with Gasteiger partial charge in [-0.2, -0.15) is 0 Å². The average Bonchev–Trinajstić information content (AvgIpc) is 2.66. The molecule has 0 atom stereocenters. The first-order valence-electron chi connectivity index (χ1n) is 8.87. The number of nitro groups is 1. The summed E-state index contributed by atoms with van der Waals surface area (Å²) in [7, 11) is 1.32. The van der Waals surface area contributed by atoms with E-state index < -0.39 is 16.5 Å². The molecule has 28 heavy (non-hydrogen) atoms. The average molecular weight is 388 g/mol. The van der Waals surface area contributed by atoms with Gasteiger partial charge in [-0.3, -0.25) is 14.9 Å². The number of methoxy groups -OCH3 is 1. The fraction of sp³-hybridized carbons (Fsp3) is 0.368. The molecule has 1 aliphatic heterocycles. The van der Waals surface area contributed by atoms with Crippen LogP contribution >= 0.6 is 0 Å². The van der Waals surface area contributed by atoms with Crippen molar-refractivity contribution in [2.24, 2.45) is 0 Å². The highest BCUT2D eigenvalue weighted by Gasteiger charge is 2.27. The van der Waals surface area contributed by atoms with Crippen molar-refractivity contribution in [2.75, 3.05) is 39.8 Å². The van der Waals surface area contributed by atoms with Gasteiger partial charge in [0, 0.05) is 11.5 Å². The van der Waals surface area contributed by atoms with E-state index in [4.69, 9.17) is 9.15 Å². The van der Waals surface area contributed by atoms with Crippen LogP contribution in [0.2, 0.25) is 0 Å². The molecular formula is C19H22N3O6+. The summed E-state index contributed by atoms with van der Waals surface area (Å²) in [5, 5.41) is 11.4. The van der Waals surface area contributed by atoms with Gasteiger partial charge in [0.05, 0.1) is 50.8 Å². The van der Waals surface area contributed by atoms with Gasteiger partial charge in [0.25, 0.3) is 11.6 Å². The molecular weight excluding hydrogens is 366 g/mol. The first kappa shape index (κ1) is 19.6. The first-order valence-corrected chi connectivity index (χ1v) is 8.87. The van der Waals surface area contributed by atoms with Crippen LogP contribution in [0.5, 0.6) is 5.75 Å². The van der Waals surface area contributed by atoms with Gasteiger partial charge >= 0.3 is 5.63 Å². The number of hydrogen-bond donors (Lipinski definition) is 1. The first-order chi connectivity index (χ1) is 13.3. The highest BCUT2D eigenvalue weighted by atomic mass is 16.6. The number of nitro benzene ring substituents is 1. The third-order valence-electron chi connectivity index (χ3n) is 4.75. The predicted molar refractivity (Wildman–Crippen MR) is 102 cm³/mol. The SMILES string of the molecule is C=C(C)C[NH+]1CCN(C(=O)c2cc3cc([N+](=O)[O-])cc(OC)c3oc2=O)CC1. The van der Waals surface area contributed by atoms with Crippen LogP contribution in [0.1, 0.15) is 17.3 Å². The quantitative estimate of drug-likeness (QED) is 0.348. The summed E-state index contributed by atoms with van der Waals surface area (Å²) in [5.41, 5.74) is 0.0132. The number of ether oxygens (including phenoxy) is 1. The Labute approximate surface area is 160 Å². The minimum absolute atomic E-state index is 0.0670. The maximum Gasteiger partial charge on any atom is 0.349 e. The Balaban J connectivity index is 1.91. The molecule has 1 aliphatic rings. The summed E-state index contributed by atoms with van der Waals surface area (Å²) in [5.74, 6) is -0.368. The number of hydrogen-bond acceptors (Lipinski definition) is 6. The van der Waals surface area contributed by atoms with Crippen LogP contribution in [0.4, 0.5) is 5.69 Å². The van der Waals surface area contributed by atoms with E-state index >= 15 is 0 Å². The van der Waals surface area contributed by atoms with E-state index in [1.165, 1.54) is 30.2 Å². The molecule has 2 aromatic rings. The normalized spacial score (nSPS) is 14.9. The minimum Gasteiger partial charge on any atom is -0.493 e. The van der Waals surface area contributed by atoms with Gasteiger partial charge in [0.2, 0.25) is 0 Å². The van der Waals surface area contributed by atoms with E-state index in [-0.39, 0.29) is 28.0 Å². The van der Waals surface area contributed by atoms with Crippen LogP contribution in [-0.4, -0.2) is 55.6 Å². The van der Waals surface area contributed by atoms with Gasteiger partial charge in [0.1, 0.15) is 5.56 Å². The summed E-state index contributed by atoms with van der Waals surface area (Å²) < 4.78 is 10.4. The minimum atomic E-state index is -0.790. The summed E-state index contributed by atoms with van der Waals surface area (Å²) in [4.78, 5) is 38.7.